The highest BCUT2D eigenvalue weighted by atomic mass is 14.2. The first-order valence-electron chi connectivity index (χ1n) is 20.1. The molecule has 0 aromatic heterocycles. The molecule has 0 amide bonds. The number of hydrogen-bond donors (Lipinski definition) is 0. The van der Waals surface area contributed by atoms with Gasteiger partial charge in [-0.15, -0.1) is 0 Å². The van der Waals surface area contributed by atoms with Crippen LogP contribution in [0.1, 0.15) is 38.9 Å². The number of hydrogen-bond acceptors (Lipinski definition) is 0. The maximum absolute atomic E-state index is 3.95. The van der Waals surface area contributed by atoms with Crippen molar-refractivity contribution in [2.24, 2.45) is 0 Å². The fourth-order valence-corrected chi connectivity index (χ4v) is 9.01. The molecule has 0 fully saturated rings. The minimum Gasteiger partial charge on any atom is -0.0985 e. The Labute approximate surface area is 340 Å². The van der Waals surface area contributed by atoms with E-state index in [1.54, 1.807) is 0 Å². The predicted octanol–water partition coefficient (Wildman–Crippen LogP) is 13.0. The third-order valence-electron chi connectivity index (χ3n) is 11.8. The standard InChI is InChI=1S/C56H49B/c1-8-43-19-21-48(22-20-43)51-31-37(2)54(38(3)32-51)57(55-39(4)33-52(34-40(55)5)49-27-23-46(24-28-49)44-15-11-9-12-16-44)56-41(6)35-53(36-42(56)7)50-29-25-47(26-30-50)45-17-13-10-14-18-45/h8-36H,1H2,2-7H3. The summed E-state index contributed by atoms with van der Waals surface area (Å²) < 4.78 is 0. The molecule has 0 nitrogen and oxygen atoms in total. The molecule has 0 atom stereocenters. The van der Waals surface area contributed by atoms with E-state index in [-0.39, 0.29) is 6.71 Å². The summed E-state index contributed by atoms with van der Waals surface area (Å²) in [5.74, 6) is 0. The molecule has 8 rings (SSSR count). The van der Waals surface area contributed by atoms with Crippen molar-refractivity contribution in [3.8, 4) is 55.6 Å². The van der Waals surface area contributed by atoms with Gasteiger partial charge in [0.05, 0.1) is 0 Å². The summed E-state index contributed by atoms with van der Waals surface area (Å²) in [5.41, 5.74) is 25.5. The third kappa shape index (κ3) is 7.59. The van der Waals surface area contributed by atoms with Crippen molar-refractivity contribution in [3.63, 3.8) is 0 Å². The minimum absolute atomic E-state index is 0.0613. The van der Waals surface area contributed by atoms with Crippen LogP contribution in [-0.2, 0) is 0 Å². The average molecular weight is 733 g/mol. The first kappa shape index (κ1) is 37.5. The van der Waals surface area contributed by atoms with Crippen LogP contribution < -0.4 is 16.4 Å². The van der Waals surface area contributed by atoms with Crippen LogP contribution in [0.3, 0.4) is 0 Å². The maximum Gasteiger partial charge on any atom is 0.243 e. The number of aryl methyl sites for hydroxylation is 6. The quantitative estimate of drug-likeness (QED) is 0.130. The Morgan fingerprint density at radius 2 is 0.526 bits per heavy atom. The summed E-state index contributed by atoms with van der Waals surface area (Å²) in [4.78, 5) is 0. The molecule has 8 aromatic carbocycles. The Bertz CT molecular complexity index is 2490. The molecule has 0 spiro atoms. The summed E-state index contributed by atoms with van der Waals surface area (Å²) in [6, 6.07) is 62.4. The summed E-state index contributed by atoms with van der Waals surface area (Å²) in [6.45, 7) is 17.9. The van der Waals surface area contributed by atoms with E-state index in [4.69, 9.17) is 0 Å². The molecule has 0 heterocycles. The highest BCUT2D eigenvalue weighted by molar-refractivity contribution is 6.97. The molecule has 0 bridgehead atoms. The van der Waals surface area contributed by atoms with Crippen LogP contribution >= 0.6 is 0 Å². The van der Waals surface area contributed by atoms with Crippen molar-refractivity contribution >= 4 is 29.2 Å². The van der Waals surface area contributed by atoms with Crippen LogP contribution in [0.25, 0.3) is 61.7 Å². The van der Waals surface area contributed by atoms with E-state index in [2.05, 4.69) is 218 Å². The fraction of sp³-hybridized carbons (Fsp3) is 0.107. The second-order valence-corrected chi connectivity index (χ2v) is 15.7. The zero-order valence-corrected chi connectivity index (χ0v) is 34.0. The molecule has 0 radical (unpaired) electrons. The smallest absolute Gasteiger partial charge is 0.0985 e. The lowest BCUT2D eigenvalue weighted by atomic mass is 9.33. The predicted molar refractivity (Wildman–Crippen MR) is 250 cm³/mol. The van der Waals surface area contributed by atoms with E-state index >= 15 is 0 Å². The van der Waals surface area contributed by atoms with Crippen molar-refractivity contribution in [1.29, 1.82) is 0 Å². The van der Waals surface area contributed by atoms with Gasteiger partial charge in [0, 0.05) is 0 Å². The molecular weight excluding hydrogens is 683 g/mol. The van der Waals surface area contributed by atoms with Crippen LogP contribution in [0, 0.1) is 41.5 Å². The second-order valence-electron chi connectivity index (χ2n) is 15.7. The van der Waals surface area contributed by atoms with Gasteiger partial charge in [0.2, 0.25) is 6.71 Å². The molecule has 0 saturated heterocycles. The topological polar surface area (TPSA) is 0 Å². The fourth-order valence-electron chi connectivity index (χ4n) is 9.01. The van der Waals surface area contributed by atoms with Crippen molar-refractivity contribution in [2.75, 3.05) is 0 Å². The second kappa shape index (κ2) is 16.0. The number of benzene rings is 8. The van der Waals surface area contributed by atoms with Crippen LogP contribution in [0.5, 0.6) is 0 Å². The molecule has 0 aliphatic carbocycles. The maximum atomic E-state index is 3.95. The van der Waals surface area contributed by atoms with Gasteiger partial charge in [0.15, 0.2) is 0 Å². The molecule has 0 unspecified atom stereocenters. The monoisotopic (exact) mass is 732 g/mol. The molecule has 8 aromatic rings. The highest BCUT2D eigenvalue weighted by Gasteiger charge is 2.31. The molecule has 0 aliphatic rings. The van der Waals surface area contributed by atoms with E-state index in [0.717, 1.165) is 5.56 Å². The lowest BCUT2D eigenvalue weighted by molar-refractivity contribution is 1.38. The Hall–Kier alpha value is -6.44. The van der Waals surface area contributed by atoms with Gasteiger partial charge in [0.25, 0.3) is 0 Å². The van der Waals surface area contributed by atoms with E-state index in [0.29, 0.717) is 0 Å². The first-order chi connectivity index (χ1) is 27.7. The van der Waals surface area contributed by atoms with E-state index in [9.17, 15) is 0 Å². The van der Waals surface area contributed by atoms with Gasteiger partial charge in [-0.25, -0.2) is 0 Å². The molecule has 57 heavy (non-hydrogen) atoms. The summed E-state index contributed by atoms with van der Waals surface area (Å²) >= 11 is 0. The molecular formula is C56H49B. The van der Waals surface area contributed by atoms with Gasteiger partial charge < -0.3 is 0 Å². The van der Waals surface area contributed by atoms with Crippen LogP contribution in [0.2, 0.25) is 0 Å². The molecule has 0 aliphatic heterocycles. The van der Waals surface area contributed by atoms with Crippen molar-refractivity contribution in [2.45, 2.75) is 41.5 Å². The van der Waals surface area contributed by atoms with Gasteiger partial charge >= 0.3 is 0 Å². The summed E-state index contributed by atoms with van der Waals surface area (Å²) in [6.07, 6.45) is 1.90. The Morgan fingerprint density at radius 1 is 0.298 bits per heavy atom. The number of rotatable bonds is 9. The Kier molecular flexibility index (Phi) is 10.5. The molecule has 0 N–H and O–H groups in total. The van der Waals surface area contributed by atoms with Gasteiger partial charge in [-0.05, 0) is 103 Å². The first-order valence-corrected chi connectivity index (χ1v) is 20.1. The highest BCUT2D eigenvalue weighted by Crippen LogP contribution is 2.30. The molecule has 276 valence electrons. The van der Waals surface area contributed by atoms with Crippen molar-refractivity contribution in [3.05, 3.63) is 215 Å². The molecule has 1 heteroatoms. The van der Waals surface area contributed by atoms with Crippen molar-refractivity contribution < 1.29 is 0 Å². The lowest BCUT2D eigenvalue weighted by Gasteiger charge is -2.28. The van der Waals surface area contributed by atoms with E-state index < -0.39 is 0 Å². The van der Waals surface area contributed by atoms with Gasteiger partial charge in [-0.2, -0.15) is 0 Å². The Morgan fingerprint density at radius 3 is 0.789 bits per heavy atom. The summed E-state index contributed by atoms with van der Waals surface area (Å²) in [5, 5.41) is 0. The third-order valence-corrected chi connectivity index (χ3v) is 11.8. The Balaban J connectivity index is 1.24. The summed E-state index contributed by atoms with van der Waals surface area (Å²) in [7, 11) is 0. The van der Waals surface area contributed by atoms with E-state index in [1.165, 1.54) is 105 Å². The lowest BCUT2D eigenvalue weighted by Crippen LogP contribution is -2.57. The largest absolute Gasteiger partial charge is 0.243 e. The van der Waals surface area contributed by atoms with Gasteiger partial charge in [0.1, 0.15) is 0 Å². The average Bonchev–Trinajstić information content (AvgIpc) is 3.23. The zero-order chi connectivity index (χ0) is 39.6. The van der Waals surface area contributed by atoms with Crippen LogP contribution in [0.15, 0.2) is 176 Å². The van der Waals surface area contributed by atoms with Crippen LogP contribution in [0.4, 0.5) is 0 Å². The van der Waals surface area contributed by atoms with Gasteiger partial charge in [-0.3, -0.25) is 0 Å². The normalized spacial score (nSPS) is 11.1. The van der Waals surface area contributed by atoms with Crippen LogP contribution in [-0.4, -0.2) is 6.71 Å². The van der Waals surface area contributed by atoms with Crippen molar-refractivity contribution in [1.82, 2.24) is 0 Å². The van der Waals surface area contributed by atoms with Gasteiger partial charge in [-0.1, -0.05) is 232 Å². The minimum atomic E-state index is 0.0613. The molecule has 0 saturated carbocycles. The van der Waals surface area contributed by atoms with E-state index in [1.807, 2.05) is 6.08 Å². The SMILES string of the molecule is C=Cc1ccc(-c2cc(C)c(B(c3c(C)cc(-c4ccc(-c5ccccc5)cc4)cc3C)c3c(C)cc(-c4ccc(-c5ccccc5)cc4)cc3C)c(C)c2)cc1. The zero-order valence-electron chi connectivity index (χ0n) is 34.0.